The molecule has 0 spiro atoms. The van der Waals surface area contributed by atoms with Crippen molar-refractivity contribution in [3.05, 3.63) is 100 Å². The summed E-state index contributed by atoms with van der Waals surface area (Å²) in [7, 11) is 1.64. The van der Waals surface area contributed by atoms with Gasteiger partial charge in [0.05, 0.1) is 25.5 Å². The molecule has 0 aliphatic carbocycles. The molecule has 1 aromatic heterocycles. The lowest BCUT2D eigenvalue weighted by Gasteiger charge is -2.27. The quantitative estimate of drug-likeness (QED) is 0.260. The van der Waals surface area contributed by atoms with Crippen molar-refractivity contribution < 1.29 is 14.3 Å². The lowest BCUT2D eigenvalue weighted by atomic mass is 9.95. The van der Waals surface area contributed by atoms with Crippen molar-refractivity contribution >= 4 is 17.5 Å². The summed E-state index contributed by atoms with van der Waals surface area (Å²) in [6.07, 6.45) is 2.05. The summed E-state index contributed by atoms with van der Waals surface area (Å²) in [4.78, 5) is 15.6. The molecule has 7 heteroatoms. The number of aromatic amines is 1. The zero-order valence-corrected chi connectivity index (χ0v) is 21.1. The number of unbranched alkanes of at least 4 members (excludes halogenated alkanes) is 1. The van der Waals surface area contributed by atoms with E-state index in [0.29, 0.717) is 23.9 Å². The molecule has 1 atom stereocenters. The van der Waals surface area contributed by atoms with E-state index in [1.165, 1.54) is 0 Å². The maximum atomic E-state index is 13.7. The summed E-state index contributed by atoms with van der Waals surface area (Å²) in [5, 5.41) is 8.21. The number of nitrogens with one attached hydrogen (secondary N) is 1. The van der Waals surface area contributed by atoms with Crippen molar-refractivity contribution in [3.63, 3.8) is 0 Å². The van der Waals surface area contributed by atoms with Crippen LogP contribution >= 0.6 is 11.6 Å². The standard InChI is InChI=1S/C29H28ClN3O3/c1-3-4-16-36-24-7-5-6-21(17-24)28-25-26(20-10-12-22(30)13-11-20)31-32-27(25)29(34)33(28)18-19-8-14-23(35-2)15-9-19/h5-15,17,28H,3-4,16,18H2,1-2H3,(H,31,32). The van der Waals surface area contributed by atoms with Crippen LogP contribution in [0.3, 0.4) is 0 Å². The number of hydrogen-bond donors (Lipinski definition) is 1. The van der Waals surface area contributed by atoms with Crippen LogP contribution in [0.2, 0.25) is 5.02 Å². The molecule has 2 heterocycles. The number of carbonyl (C=O) groups is 1. The second-order valence-electron chi connectivity index (χ2n) is 8.83. The SMILES string of the molecule is CCCCOc1cccc(C2c3c(-c4ccc(Cl)cc4)n[nH]c3C(=O)N2Cc2ccc(OC)cc2)c1. The minimum Gasteiger partial charge on any atom is -0.497 e. The average Bonchev–Trinajstić information content (AvgIpc) is 3.44. The summed E-state index contributed by atoms with van der Waals surface area (Å²) in [6, 6.07) is 23.0. The molecule has 36 heavy (non-hydrogen) atoms. The molecule has 1 amide bonds. The molecule has 1 aliphatic heterocycles. The van der Waals surface area contributed by atoms with Gasteiger partial charge < -0.3 is 14.4 Å². The van der Waals surface area contributed by atoms with Gasteiger partial charge >= 0.3 is 0 Å². The molecule has 0 radical (unpaired) electrons. The van der Waals surface area contributed by atoms with Crippen LogP contribution in [0.5, 0.6) is 11.5 Å². The van der Waals surface area contributed by atoms with Gasteiger partial charge in [-0.05, 0) is 53.9 Å². The zero-order chi connectivity index (χ0) is 25.1. The van der Waals surface area contributed by atoms with Crippen molar-refractivity contribution in [2.75, 3.05) is 13.7 Å². The van der Waals surface area contributed by atoms with E-state index in [4.69, 9.17) is 21.1 Å². The van der Waals surface area contributed by atoms with Crippen LogP contribution in [0.1, 0.15) is 53.0 Å². The van der Waals surface area contributed by atoms with Crippen molar-refractivity contribution in [3.8, 4) is 22.8 Å². The van der Waals surface area contributed by atoms with Gasteiger partial charge in [0.15, 0.2) is 0 Å². The molecular weight excluding hydrogens is 474 g/mol. The Kier molecular flexibility index (Phi) is 6.96. The van der Waals surface area contributed by atoms with Crippen molar-refractivity contribution in [1.82, 2.24) is 15.1 Å². The molecule has 0 fully saturated rings. The predicted octanol–water partition coefficient (Wildman–Crippen LogP) is 6.66. The summed E-state index contributed by atoms with van der Waals surface area (Å²) in [5.74, 6) is 1.48. The van der Waals surface area contributed by atoms with Gasteiger partial charge in [-0.3, -0.25) is 9.89 Å². The van der Waals surface area contributed by atoms with E-state index in [0.717, 1.165) is 52.3 Å². The topological polar surface area (TPSA) is 67.5 Å². The van der Waals surface area contributed by atoms with Crippen LogP contribution < -0.4 is 9.47 Å². The monoisotopic (exact) mass is 501 g/mol. The Morgan fingerprint density at radius 3 is 2.53 bits per heavy atom. The number of rotatable bonds is 9. The molecule has 4 aromatic rings. The van der Waals surface area contributed by atoms with E-state index < -0.39 is 0 Å². The predicted molar refractivity (Wildman–Crippen MR) is 141 cm³/mol. The largest absolute Gasteiger partial charge is 0.497 e. The lowest BCUT2D eigenvalue weighted by Crippen LogP contribution is -2.29. The third-order valence-electron chi connectivity index (χ3n) is 6.43. The van der Waals surface area contributed by atoms with Crippen LogP contribution in [-0.2, 0) is 6.54 Å². The zero-order valence-electron chi connectivity index (χ0n) is 20.3. The first-order valence-electron chi connectivity index (χ1n) is 12.1. The third kappa shape index (κ3) is 4.69. The Hall–Kier alpha value is -3.77. The van der Waals surface area contributed by atoms with Gasteiger partial charge in [0.1, 0.15) is 17.2 Å². The molecule has 0 saturated heterocycles. The van der Waals surface area contributed by atoms with Crippen LogP contribution in [0, 0.1) is 0 Å². The highest BCUT2D eigenvalue weighted by Crippen LogP contribution is 2.44. The first-order valence-corrected chi connectivity index (χ1v) is 12.5. The molecule has 3 aromatic carbocycles. The van der Waals surface area contributed by atoms with Gasteiger partial charge in [-0.1, -0.05) is 61.3 Å². The van der Waals surface area contributed by atoms with E-state index in [2.05, 4.69) is 17.1 Å². The highest BCUT2D eigenvalue weighted by atomic mass is 35.5. The van der Waals surface area contributed by atoms with Crippen molar-refractivity contribution in [2.24, 2.45) is 0 Å². The molecule has 6 nitrogen and oxygen atoms in total. The summed E-state index contributed by atoms with van der Waals surface area (Å²) < 4.78 is 11.3. The normalized spacial score (nSPS) is 14.7. The summed E-state index contributed by atoms with van der Waals surface area (Å²) in [6.45, 7) is 3.24. The third-order valence-corrected chi connectivity index (χ3v) is 6.69. The van der Waals surface area contributed by atoms with Gasteiger partial charge in [-0.25, -0.2) is 0 Å². The number of carbonyl (C=O) groups excluding carboxylic acids is 1. The van der Waals surface area contributed by atoms with Gasteiger partial charge in [0.2, 0.25) is 0 Å². The van der Waals surface area contributed by atoms with Crippen LogP contribution in [0.15, 0.2) is 72.8 Å². The number of ether oxygens (including phenoxy) is 2. The molecule has 1 aliphatic rings. The van der Waals surface area contributed by atoms with Gasteiger partial charge in [0.25, 0.3) is 5.91 Å². The lowest BCUT2D eigenvalue weighted by molar-refractivity contribution is 0.0730. The Labute approximate surface area is 215 Å². The second kappa shape index (κ2) is 10.5. The minimum atomic E-state index is -0.325. The van der Waals surface area contributed by atoms with Crippen molar-refractivity contribution in [2.45, 2.75) is 32.4 Å². The highest BCUT2D eigenvalue weighted by molar-refractivity contribution is 6.30. The highest BCUT2D eigenvalue weighted by Gasteiger charge is 2.42. The fourth-order valence-electron chi connectivity index (χ4n) is 4.57. The summed E-state index contributed by atoms with van der Waals surface area (Å²) >= 11 is 6.13. The van der Waals surface area contributed by atoms with Crippen LogP contribution in [0.25, 0.3) is 11.3 Å². The maximum absolute atomic E-state index is 13.7. The molecule has 0 saturated carbocycles. The number of halogens is 1. The average molecular weight is 502 g/mol. The molecule has 1 unspecified atom stereocenters. The Balaban J connectivity index is 1.57. The first kappa shape index (κ1) is 23.9. The Morgan fingerprint density at radius 1 is 1.03 bits per heavy atom. The fourth-order valence-corrected chi connectivity index (χ4v) is 4.70. The van der Waals surface area contributed by atoms with Gasteiger partial charge in [-0.2, -0.15) is 5.10 Å². The molecule has 0 bridgehead atoms. The number of amides is 1. The number of methoxy groups -OCH3 is 1. The molecule has 1 N–H and O–H groups in total. The van der Waals surface area contributed by atoms with E-state index >= 15 is 0 Å². The van der Waals surface area contributed by atoms with E-state index in [-0.39, 0.29) is 11.9 Å². The van der Waals surface area contributed by atoms with Crippen LogP contribution in [-0.4, -0.2) is 34.7 Å². The second-order valence-corrected chi connectivity index (χ2v) is 9.26. The number of H-pyrrole nitrogens is 1. The Morgan fingerprint density at radius 2 is 1.81 bits per heavy atom. The summed E-state index contributed by atoms with van der Waals surface area (Å²) in [5.41, 5.74) is 5.00. The molecule has 5 rings (SSSR count). The number of nitrogens with zero attached hydrogens (tertiary/aromatic N) is 2. The van der Waals surface area contributed by atoms with E-state index in [9.17, 15) is 4.79 Å². The minimum absolute atomic E-state index is 0.0872. The number of hydrogen-bond acceptors (Lipinski definition) is 4. The smallest absolute Gasteiger partial charge is 0.273 e. The maximum Gasteiger partial charge on any atom is 0.273 e. The van der Waals surface area contributed by atoms with Gasteiger partial charge in [0, 0.05) is 22.7 Å². The molecule has 184 valence electrons. The van der Waals surface area contributed by atoms with E-state index in [1.54, 1.807) is 7.11 Å². The molecular formula is C29H28ClN3O3. The number of fused-ring (bicyclic) bond motifs is 1. The van der Waals surface area contributed by atoms with Crippen molar-refractivity contribution in [1.29, 1.82) is 0 Å². The van der Waals surface area contributed by atoms with Gasteiger partial charge in [-0.15, -0.1) is 0 Å². The fraction of sp³-hybridized carbons (Fsp3) is 0.241. The Bertz CT molecular complexity index is 1350. The van der Waals surface area contributed by atoms with Crippen LogP contribution in [0.4, 0.5) is 0 Å². The first-order chi connectivity index (χ1) is 17.6. The number of aromatic nitrogens is 2. The number of benzene rings is 3. The van der Waals surface area contributed by atoms with E-state index in [1.807, 2.05) is 77.7 Å².